The molecular weight excluding hydrogens is 278 g/mol. The Morgan fingerprint density at radius 3 is 2.59 bits per heavy atom. The largest absolute Gasteiger partial charge is 0.493 e. The van der Waals surface area contributed by atoms with Crippen molar-refractivity contribution in [2.45, 2.75) is 6.92 Å². The monoisotopic (exact) mass is 297 g/mol. The maximum Gasteiger partial charge on any atom is 0.248 e. The molecule has 114 valence electrons. The molecule has 0 aliphatic rings. The maximum atomic E-state index is 11.9. The first kappa shape index (κ1) is 15.6. The van der Waals surface area contributed by atoms with Crippen molar-refractivity contribution in [1.29, 1.82) is 0 Å². The van der Waals surface area contributed by atoms with Gasteiger partial charge in [-0.1, -0.05) is 24.3 Å². The molecule has 0 heterocycles. The maximum absolute atomic E-state index is 11.9. The Labute approximate surface area is 130 Å². The van der Waals surface area contributed by atoms with Gasteiger partial charge < -0.3 is 14.8 Å². The lowest BCUT2D eigenvalue weighted by Gasteiger charge is -2.09. The average Bonchev–Trinajstić information content (AvgIpc) is 2.55. The van der Waals surface area contributed by atoms with E-state index in [1.165, 1.54) is 6.08 Å². The van der Waals surface area contributed by atoms with Crippen LogP contribution in [0.3, 0.4) is 0 Å². The molecule has 0 saturated heterocycles. The Balaban J connectivity index is 2.04. The van der Waals surface area contributed by atoms with E-state index in [-0.39, 0.29) is 5.91 Å². The van der Waals surface area contributed by atoms with Gasteiger partial charge in [0.15, 0.2) is 11.5 Å². The van der Waals surface area contributed by atoms with Crippen molar-refractivity contribution in [3.8, 4) is 11.5 Å². The van der Waals surface area contributed by atoms with E-state index in [2.05, 4.69) is 5.32 Å². The standard InChI is InChI=1S/C18H19NO3/c1-3-22-16-11-9-14(13-17(16)21-2)10-12-18(20)19-15-7-5-4-6-8-15/h4-13H,3H2,1-2H3,(H,19,20). The topological polar surface area (TPSA) is 47.6 Å². The van der Waals surface area contributed by atoms with Crippen LogP contribution in [0.2, 0.25) is 0 Å². The quantitative estimate of drug-likeness (QED) is 0.826. The predicted octanol–water partition coefficient (Wildman–Crippen LogP) is 3.75. The first-order valence-electron chi connectivity index (χ1n) is 7.08. The van der Waals surface area contributed by atoms with E-state index in [1.807, 2.05) is 55.5 Å². The Hall–Kier alpha value is -2.75. The second kappa shape index (κ2) is 7.88. The molecule has 22 heavy (non-hydrogen) atoms. The number of ether oxygens (including phenoxy) is 2. The third kappa shape index (κ3) is 4.38. The lowest BCUT2D eigenvalue weighted by molar-refractivity contribution is -0.111. The van der Waals surface area contributed by atoms with Gasteiger partial charge in [-0.2, -0.15) is 0 Å². The zero-order valence-electron chi connectivity index (χ0n) is 12.7. The van der Waals surface area contributed by atoms with Crippen molar-refractivity contribution in [3.63, 3.8) is 0 Å². The van der Waals surface area contributed by atoms with Gasteiger partial charge in [-0.25, -0.2) is 0 Å². The molecule has 2 aromatic rings. The third-order valence-electron chi connectivity index (χ3n) is 2.96. The van der Waals surface area contributed by atoms with Crippen LogP contribution >= 0.6 is 0 Å². The number of rotatable bonds is 6. The fraction of sp³-hybridized carbons (Fsp3) is 0.167. The summed E-state index contributed by atoms with van der Waals surface area (Å²) in [7, 11) is 1.59. The molecule has 2 rings (SSSR count). The molecule has 1 amide bonds. The fourth-order valence-electron chi connectivity index (χ4n) is 1.94. The van der Waals surface area contributed by atoms with Gasteiger partial charge in [0.25, 0.3) is 0 Å². The molecule has 0 aliphatic heterocycles. The molecule has 0 aliphatic carbocycles. The van der Waals surface area contributed by atoms with Crippen LogP contribution in [0, 0.1) is 0 Å². The summed E-state index contributed by atoms with van der Waals surface area (Å²) in [6.45, 7) is 2.49. The zero-order valence-corrected chi connectivity index (χ0v) is 12.7. The molecule has 0 fully saturated rings. The molecule has 4 nitrogen and oxygen atoms in total. The van der Waals surface area contributed by atoms with E-state index in [0.717, 1.165) is 11.3 Å². The predicted molar refractivity (Wildman–Crippen MR) is 88.3 cm³/mol. The molecule has 0 radical (unpaired) electrons. The van der Waals surface area contributed by atoms with Crippen molar-refractivity contribution in [2.75, 3.05) is 19.0 Å². The van der Waals surface area contributed by atoms with Crippen LogP contribution in [-0.4, -0.2) is 19.6 Å². The number of amides is 1. The number of hydrogen-bond donors (Lipinski definition) is 1. The Morgan fingerprint density at radius 1 is 1.14 bits per heavy atom. The number of methoxy groups -OCH3 is 1. The minimum absolute atomic E-state index is 0.181. The lowest BCUT2D eigenvalue weighted by atomic mass is 10.2. The van der Waals surface area contributed by atoms with Gasteiger partial charge in [-0.3, -0.25) is 4.79 Å². The Bertz CT molecular complexity index is 651. The molecule has 0 spiro atoms. The van der Waals surface area contributed by atoms with Gasteiger partial charge in [0.05, 0.1) is 13.7 Å². The Morgan fingerprint density at radius 2 is 1.91 bits per heavy atom. The number of nitrogens with one attached hydrogen (secondary N) is 1. The van der Waals surface area contributed by atoms with E-state index >= 15 is 0 Å². The summed E-state index contributed by atoms with van der Waals surface area (Å²) in [6, 6.07) is 14.9. The van der Waals surface area contributed by atoms with E-state index in [9.17, 15) is 4.79 Å². The summed E-state index contributed by atoms with van der Waals surface area (Å²) in [5, 5.41) is 2.79. The van der Waals surface area contributed by atoms with Gasteiger partial charge in [0.2, 0.25) is 5.91 Å². The molecule has 4 heteroatoms. The van der Waals surface area contributed by atoms with E-state index in [0.29, 0.717) is 18.1 Å². The molecule has 0 aromatic heterocycles. The summed E-state index contributed by atoms with van der Waals surface area (Å²) >= 11 is 0. The van der Waals surface area contributed by atoms with Crippen molar-refractivity contribution in [2.24, 2.45) is 0 Å². The minimum Gasteiger partial charge on any atom is -0.493 e. The minimum atomic E-state index is -0.181. The van der Waals surface area contributed by atoms with Gasteiger partial charge in [0.1, 0.15) is 0 Å². The van der Waals surface area contributed by atoms with Crippen LogP contribution in [0.25, 0.3) is 6.08 Å². The van der Waals surface area contributed by atoms with Gasteiger partial charge in [-0.05, 0) is 42.8 Å². The number of carbonyl (C=O) groups is 1. The van der Waals surface area contributed by atoms with Crippen LogP contribution in [-0.2, 0) is 4.79 Å². The van der Waals surface area contributed by atoms with Crippen molar-refractivity contribution in [1.82, 2.24) is 0 Å². The molecule has 0 atom stereocenters. The SMILES string of the molecule is CCOc1ccc(C=CC(=O)Nc2ccccc2)cc1OC. The summed E-state index contributed by atoms with van der Waals surface area (Å²) in [6.07, 6.45) is 3.22. The molecule has 1 N–H and O–H groups in total. The second-order valence-corrected chi connectivity index (χ2v) is 4.53. The number of hydrogen-bond acceptors (Lipinski definition) is 3. The van der Waals surface area contributed by atoms with Crippen LogP contribution in [0.1, 0.15) is 12.5 Å². The number of benzene rings is 2. The fourth-order valence-corrected chi connectivity index (χ4v) is 1.94. The molecular formula is C18H19NO3. The second-order valence-electron chi connectivity index (χ2n) is 4.53. The first-order valence-corrected chi connectivity index (χ1v) is 7.08. The summed E-state index contributed by atoms with van der Waals surface area (Å²) in [5.74, 6) is 1.16. The number of para-hydroxylation sites is 1. The van der Waals surface area contributed by atoms with Crippen LogP contribution in [0.5, 0.6) is 11.5 Å². The number of anilines is 1. The highest BCUT2D eigenvalue weighted by Gasteiger charge is 2.04. The van der Waals surface area contributed by atoms with E-state index in [4.69, 9.17) is 9.47 Å². The molecule has 0 bridgehead atoms. The molecule has 0 saturated carbocycles. The van der Waals surface area contributed by atoms with Crippen molar-refractivity contribution < 1.29 is 14.3 Å². The van der Waals surface area contributed by atoms with Crippen LogP contribution in [0.4, 0.5) is 5.69 Å². The highest BCUT2D eigenvalue weighted by molar-refractivity contribution is 6.01. The average molecular weight is 297 g/mol. The van der Waals surface area contributed by atoms with Crippen molar-refractivity contribution >= 4 is 17.7 Å². The molecule has 2 aromatic carbocycles. The Kier molecular flexibility index (Phi) is 5.60. The number of carbonyl (C=O) groups excluding carboxylic acids is 1. The lowest BCUT2D eigenvalue weighted by Crippen LogP contribution is -2.07. The third-order valence-corrected chi connectivity index (χ3v) is 2.96. The van der Waals surface area contributed by atoms with Gasteiger partial charge in [-0.15, -0.1) is 0 Å². The summed E-state index contributed by atoms with van der Waals surface area (Å²) in [5.41, 5.74) is 1.63. The van der Waals surface area contributed by atoms with Gasteiger partial charge in [0, 0.05) is 11.8 Å². The summed E-state index contributed by atoms with van der Waals surface area (Å²) in [4.78, 5) is 11.9. The normalized spacial score (nSPS) is 10.5. The van der Waals surface area contributed by atoms with E-state index < -0.39 is 0 Å². The highest BCUT2D eigenvalue weighted by Crippen LogP contribution is 2.28. The summed E-state index contributed by atoms with van der Waals surface area (Å²) < 4.78 is 10.7. The zero-order chi connectivity index (χ0) is 15.8. The van der Waals surface area contributed by atoms with E-state index in [1.54, 1.807) is 13.2 Å². The van der Waals surface area contributed by atoms with Gasteiger partial charge >= 0.3 is 0 Å². The first-order chi connectivity index (χ1) is 10.7. The van der Waals surface area contributed by atoms with Crippen LogP contribution in [0.15, 0.2) is 54.6 Å². The molecule has 0 unspecified atom stereocenters. The smallest absolute Gasteiger partial charge is 0.248 e. The highest BCUT2D eigenvalue weighted by atomic mass is 16.5. The van der Waals surface area contributed by atoms with Crippen LogP contribution < -0.4 is 14.8 Å². The van der Waals surface area contributed by atoms with Crippen molar-refractivity contribution in [3.05, 3.63) is 60.2 Å².